The maximum Gasteiger partial charge on any atom is 0.0541 e. The number of hydrogen-bond acceptors (Lipinski definition) is 0. The molecule has 0 saturated heterocycles. The fraction of sp³-hybridized carbons (Fsp3) is 0.0625. The van der Waals surface area contributed by atoms with Crippen molar-refractivity contribution in [1.82, 2.24) is 9.13 Å². The normalized spacial score (nSPS) is 14.7. The van der Waals surface area contributed by atoms with E-state index in [9.17, 15) is 0 Å². The van der Waals surface area contributed by atoms with Gasteiger partial charge in [0.1, 0.15) is 0 Å². The van der Waals surface area contributed by atoms with E-state index in [1.807, 2.05) is 0 Å². The molecule has 13 rings (SSSR count). The number of fused-ring (bicyclic) bond motifs is 13. The summed E-state index contributed by atoms with van der Waals surface area (Å²) >= 11 is 0. The highest BCUT2D eigenvalue weighted by molar-refractivity contribution is 6.26. The van der Waals surface area contributed by atoms with E-state index in [0.29, 0.717) is 0 Å². The number of allylic oxidation sites excluding steroid dienone is 1. The topological polar surface area (TPSA) is 9.86 Å². The van der Waals surface area contributed by atoms with Crippen molar-refractivity contribution >= 4 is 77.2 Å². The average molecular weight is 843 g/mol. The van der Waals surface area contributed by atoms with Crippen LogP contribution in [0.1, 0.15) is 25.0 Å². The van der Waals surface area contributed by atoms with Crippen LogP contribution in [-0.2, 0) is 11.8 Å². The molecule has 0 amide bonds. The largest absolute Gasteiger partial charge is 0.309 e. The molecule has 0 N–H and O–H groups in total. The molecule has 1 aliphatic carbocycles. The van der Waals surface area contributed by atoms with Gasteiger partial charge >= 0.3 is 0 Å². The second-order valence-electron chi connectivity index (χ2n) is 18.5. The first kappa shape index (κ1) is 38.3. The fourth-order valence-corrected chi connectivity index (χ4v) is 11.1. The molecule has 0 radical (unpaired) electrons. The number of hydrogen-bond donors (Lipinski definition) is 0. The van der Waals surface area contributed by atoms with Crippen molar-refractivity contribution in [1.29, 1.82) is 0 Å². The molecule has 2 nitrogen and oxygen atoms in total. The SMILES string of the molecule is C=C1/C=c2\c(c3cc(-c4ccc5c6ccccc6c6ccc(-c7ccc8c(c7)c7ccccc7n8-c7ccccc7)cc6c5c4)ccc3n2-c2ccccc2)=C/Cc2ccccc2C1(C)C. The molecular formula is C64H46N2. The molecule has 0 saturated carbocycles. The fourth-order valence-electron chi connectivity index (χ4n) is 11.1. The van der Waals surface area contributed by atoms with Crippen LogP contribution >= 0.6 is 0 Å². The van der Waals surface area contributed by atoms with Crippen LogP contribution in [0.2, 0.25) is 0 Å². The van der Waals surface area contributed by atoms with E-state index in [4.69, 9.17) is 6.58 Å². The first-order valence-corrected chi connectivity index (χ1v) is 23.1. The van der Waals surface area contributed by atoms with Crippen molar-refractivity contribution in [3.8, 4) is 33.6 Å². The maximum absolute atomic E-state index is 4.73. The first-order valence-electron chi connectivity index (χ1n) is 23.1. The summed E-state index contributed by atoms with van der Waals surface area (Å²) in [4.78, 5) is 0. The molecule has 2 aromatic heterocycles. The zero-order valence-corrected chi connectivity index (χ0v) is 37.1. The molecule has 0 fully saturated rings. The minimum atomic E-state index is -0.234. The van der Waals surface area contributed by atoms with E-state index >= 15 is 0 Å². The molecule has 66 heavy (non-hydrogen) atoms. The minimum absolute atomic E-state index is 0.234. The summed E-state index contributed by atoms with van der Waals surface area (Å²) in [6.45, 7) is 9.35. The lowest BCUT2D eigenvalue weighted by Crippen LogP contribution is -2.30. The van der Waals surface area contributed by atoms with Crippen molar-refractivity contribution < 1.29 is 0 Å². The predicted octanol–water partition coefficient (Wildman–Crippen LogP) is 15.2. The van der Waals surface area contributed by atoms with Gasteiger partial charge in [0.15, 0.2) is 0 Å². The Hall–Kier alpha value is -8.20. The van der Waals surface area contributed by atoms with Crippen LogP contribution in [0, 0.1) is 0 Å². The molecule has 1 aliphatic rings. The molecule has 0 unspecified atom stereocenters. The minimum Gasteiger partial charge on any atom is -0.309 e. The Labute approximate surface area is 383 Å². The van der Waals surface area contributed by atoms with Gasteiger partial charge < -0.3 is 9.13 Å². The lowest BCUT2D eigenvalue weighted by Gasteiger charge is -2.28. The van der Waals surface area contributed by atoms with Gasteiger partial charge in [0.05, 0.1) is 21.9 Å². The zero-order chi connectivity index (χ0) is 44.1. The van der Waals surface area contributed by atoms with Gasteiger partial charge in [-0.3, -0.25) is 0 Å². The number of para-hydroxylation sites is 3. The number of aromatic nitrogens is 2. The van der Waals surface area contributed by atoms with Gasteiger partial charge in [0, 0.05) is 38.2 Å². The van der Waals surface area contributed by atoms with Gasteiger partial charge in [-0.15, -0.1) is 0 Å². The lowest BCUT2D eigenvalue weighted by atomic mass is 9.76. The third kappa shape index (κ3) is 5.81. The van der Waals surface area contributed by atoms with Gasteiger partial charge in [-0.2, -0.15) is 0 Å². The van der Waals surface area contributed by atoms with E-state index in [0.717, 1.165) is 17.7 Å². The highest BCUT2D eigenvalue weighted by Gasteiger charge is 2.27. The summed E-state index contributed by atoms with van der Waals surface area (Å²) in [6, 6.07) is 76.3. The van der Waals surface area contributed by atoms with E-state index in [1.165, 1.54) is 115 Å². The zero-order valence-electron chi connectivity index (χ0n) is 37.1. The van der Waals surface area contributed by atoms with Gasteiger partial charge in [-0.25, -0.2) is 0 Å². The number of rotatable bonds is 4. The molecule has 2 heteroatoms. The van der Waals surface area contributed by atoms with Crippen LogP contribution in [0.5, 0.6) is 0 Å². The molecule has 10 aromatic carbocycles. The van der Waals surface area contributed by atoms with Gasteiger partial charge in [-0.1, -0.05) is 166 Å². The smallest absolute Gasteiger partial charge is 0.0541 e. The summed E-state index contributed by atoms with van der Waals surface area (Å²) in [5.41, 5.74) is 14.3. The molecule has 12 aromatic rings. The molecule has 0 atom stereocenters. The van der Waals surface area contributed by atoms with E-state index in [1.54, 1.807) is 0 Å². The highest BCUT2D eigenvalue weighted by atomic mass is 15.0. The van der Waals surface area contributed by atoms with Crippen molar-refractivity contribution in [3.63, 3.8) is 0 Å². The lowest BCUT2D eigenvalue weighted by molar-refractivity contribution is 0.642. The summed E-state index contributed by atoms with van der Waals surface area (Å²) in [7, 11) is 0. The first-order chi connectivity index (χ1) is 32.4. The van der Waals surface area contributed by atoms with E-state index in [2.05, 4.69) is 241 Å². The molecule has 312 valence electrons. The summed E-state index contributed by atoms with van der Waals surface area (Å²) in [5, 5.41) is 13.8. The predicted molar refractivity (Wildman–Crippen MR) is 281 cm³/mol. The third-order valence-corrected chi connectivity index (χ3v) is 14.6. The van der Waals surface area contributed by atoms with Crippen molar-refractivity contribution in [2.75, 3.05) is 0 Å². The van der Waals surface area contributed by atoms with E-state index < -0.39 is 0 Å². The van der Waals surface area contributed by atoms with Crippen LogP contribution in [-0.4, -0.2) is 9.13 Å². The molecule has 2 heterocycles. The second kappa shape index (κ2) is 14.7. The highest BCUT2D eigenvalue weighted by Crippen LogP contribution is 2.41. The Bertz CT molecular complexity index is 4110. The maximum atomic E-state index is 4.73. The van der Waals surface area contributed by atoms with Crippen molar-refractivity contribution in [2.24, 2.45) is 0 Å². The Morgan fingerprint density at radius 1 is 0.394 bits per heavy atom. The second-order valence-corrected chi connectivity index (χ2v) is 18.5. The quantitative estimate of drug-likeness (QED) is 0.156. The molecule has 0 aliphatic heterocycles. The molecular weight excluding hydrogens is 797 g/mol. The van der Waals surface area contributed by atoms with Crippen molar-refractivity contribution in [2.45, 2.75) is 25.7 Å². The Balaban J connectivity index is 1.02. The van der Waals surface area contributed by atoms with Crippen LogP contribution in [0.4, 0.5) is 0 Å². The van der Waals surface area contributed by atoms with Crippen LogP contribution < -0.4 is 10.6 Å². The monoisotopic (exact) mass is 842 g/mol. The number of nitrogens with zero attached hydrogens (tertiary/aromatic N) is 2. The van der Waals surface area contributed by atoms with Gasteiger partial charge in [-0.05, 0) is 150 Å². The van der Waals surface area contributed by atoms with Crippen LogP contribution in [0.3, 0.4) is 0 Å². The van der Waals surface area contributed by atoms with E-state index in [-0.39, 0.29) is 5.41 Å². The van der Waals surface area contributed by atoms with Gasteiger partial charge in [0.2, 0.25) is 0 Å². The molecule has 0 bridgehead atoms. The Kier molecular flexibility index (Phi) is 8.51. The number of benzene rings is 10. The standard InChI is InChI=1S/C64H46N2/c1-41-36-63-54(33-26-42-16-10-14-24-59(42)64(41,2)3)58-40-46(30-35-62(58)66(63)48-19-8-5-9-20-48)44-28-32-52-50-22-12-11-21-49(50)51-31-27-43(37-55(51)56(52)38-44)45-29-34-61-57(39-45)53-23-13-15-25-60(53)65(61)47-17-6-4-7-18-47/h4-25,27-40H,1,26H2,2-3H3/b54-33-,63-36+. The summed E-state index contributed by atoms with van der Waals surface area (Å²) in [6.07, 6.45) is 5.62. The summed E-state index contributed by atoms with van der Waals surface area (Å²) < 4.78 is 4.82. The summed E-state index contributed by atoms with van der Waals surface area (Å²) in [5.74, 6) is 0. The molecule has 0 spiro atoms. The van der Waals surface area contributed by atoms with Crippen LogP contribution in [0.25, 0.3) is 111 Å². The third-order valence-electron chi connectivity index (χ3n) is 14.6. The van der Waals surface area contributed by atoms with Gasteiger partial charge in [0.25, 0.3) is 0 Å². The van der Waals surface area contributed by atoms with Crippen molar-refractivity contribution in [3.05, 3.63) is 240 Å². The van der Waals surface area contributed by atoms with Crippen LogP contribution in [0.15, 0.2) is 218 Å². The Morgan fingerprint density at radius 2 is 0.848 bits per heavy atom. The average Bonchev–Trinajstić information content (AvgIpc) is 3.87. The Morgan fingerprint density at radius 3 is 1.48 bits per heavy atom.